The number of hydrogen-bond acceptors (Lipinski definition) is 3. The third-order valence-electron chi connectivity index (χ3n) is 1.53. The highest BCUT2D eigenvalue weighted by Gasteiger charge is 2.22. The van der Waals surface area contributed by atoms with Crippen LogP contribution in [0.2, 0.25) is 0 Å². The van der Waals surface area contributed by atoms with Gasteiger partial charge in [0.05, 0.1) is 6.61 Å². The summed E-state index contributed by atoms with van der Waals surface area (Å²) in [4.78, 5) is 10.5. The first-order valence-corrected chi connectivity index (χ1v) is 4.35. The fraction of sp³-hybridized carbons (Fsp3) is 0.667. The molecule has 0 saturated heterocycles. The molecule has 82 valence electrons. The number of carbonyl (C=O) groups excluding carboxylic acids is 1. The Labute approximate surface area is 81.4 Å². The lowest BCUT2D eigenvalue weighted by molar-refractivity contribution is -0.203. The van der Waals surface area contributed by atoms with E-state index in [0.29, 0.717) is 12.8 Å². The van der Waals surface area contributed by atoms with Gasteiger partial charge < -0.3 is 9.84 Å². The van der Waals surface area contributed by atoms with Gasteiger partial charge in [-0.25, -0.2) is 4.79 Å². The second-order valence-corrected chi connectivity index (χ2v) is 2.85. The van der Waals surface area contributed by atoms with Gasteiger partial charge in [-0.2, -0.15) is 8.78 Å². The monoisotopic (exact) mass is 208 g/mol. The van der Waals surface area contributed by atoms with E-state index in [1.54, 1.807) is 0 Å². The zero-order chi connectivity index (χ0) is 11.0. The number of ether oxygens (including phenoxy) is 1. The van der Waals surface area contributed by atoms with Crippen molar-refractivity contribution >= 4 is 5.97 Å². The minimum atomic E-state index is -3.59. The average Bonchev–Trinajstić information content (AvgIpc) is 2.08. The smallest absolute Gasteiger partial charge is 0.353 e. The van der Waals surface area contributed by atoms with Gasteiger partial charge in [-0.1, -0.05) is 6.58 Å². The van der Waals surface area contributed by atoms with Crippen molar-refractivity contribution in [3.8, 4) is 0 Å². The molecule has 14 heavy (non-hydrogen) atoms. The van der Waals surface area contributed by atoms with Crippen LogP contribution in [-0.4, -0.2) is 23.8 Å². The van der Waals surface area contributed by atoms with Gasteiger partial charge >= 0.3 is 12.1 Å². The first kappa shape index (κ1) is 13.0. The molecule has 3 nitrogen and oxygen atoms in total. The molecule has 0 aliphatic rings. The largest absolute Gasteiger partial charge is 0.463 e. The molecule has 0 atom stereocenters. The van der Waals surface area contributed by atoms with E-state index >= 15 is 0 Å². The summed E-state index contributed by atoms with van der Waals surface area (Å²) < 4.78 is 28.4. The number of alkyl halides is 2. The number of rotatable bonds is 7. The maximum atomic E-state index is 11.9. The molecule has 0 aromatic rings. The molecule has 0 radical (unpaired) electrons. The molecule has 0 heterocycles. The van der Waals surface area contributed by atoms with Gasteiger partial charge in [-0.15, -0.1) is 0 Å². The van der Waals surface area contributed by atoms with E-state index in [-0.39, 0.29) is 13.0 Å². The molecule has 0 fully saturated rings. The van der Waals surface area contributed by atoms with Gasteiger partial charge in [0, 0.05) is 12.5 Å². The number of unbranched alkanes of at least 4 members (excludes halogenated alkanes) is 2. The Morgan fingerprint density at radius 2 is 2.07 bits per heavy atom. The van der Waals surface area contributed by atoms with Crippen molar-refractivity contribution in [2.45, 2.75) is 31.8 Å². The summed E-state index contributed by atoms with van der Waals surface area (Å²) in [6, 6.07) is 0. The van der Waals surface area contributed by atoms with Crippen molar-refractivity contribution in [2.75, 3.05) is 6.61 Å². The zero-order valence-electron chi connectivity index (χ0n) is 7.84. The van der Waals surface area contributed by atoms with Gasteiger partial charge in [0.2, 0.25) is 0 Å². The van der Waals surface area contributed by atoms with E-state index in [1.807, 2.05) is 0 Å². The molecule has 0 aromatic heterocycles. The number of esters is 1. The van der Waals surface area contributed by atoms with Crippen LogP contribution < -0.4 is 0 Å². The van der Waals surface area contributed by atoms with Crippen LogP contribution in [0, 0.1) is 0 Å². The van der Waals surface area contributed by atoms with Gasteiger partial charge in [0.1, 0.15) is 0 Å². The summed E-state index contributed by atoms with van der Waals surface area (Å²) in [6.45, 7) is 3.40. The lowest BCUT2D eigenvalue weighted by atomic mass is 10.2. The van der Waals surface area contributed by atoms with Crippen LogP contribution in [0.4, 0.5) is 8.78 Å². The molecule has 0 spiro atoms. The molecule has 0 aliphatic carbocycles. The lowest BCUT2D eigenvalue weighted by Crippen LogP contribution is -2.13. The van der Waals surface area contributed by atoms with Crippen LogP contribution in [0.25, 0.3) is 0 Å². The molecule has 0 saturated carbocycles. The zero-order valence-corrected chi connectivity index (χ0v) is 7.84. The van der Waals surface area contributed by atoms with Gasteiger partial charge in [-0.05, 0) is 19.3 Å². The molecular formula is C9H14F2O3. The summed E-state index contributed by atoms with van der Waals surface area (Å²) in [5, 5.41) is 8.07. The molecule has 5 heteroatoms. The Bertz CT molecular complexity index is 187. The minimum Gasteiger partial charge on any atom is -0.463 e. The molecule has 0 rings (SSSR count). The van der Waals surface area contributed by atoms with E-state index in [9.17, 15) is 13.6 Å². The van der Waals surface area contributed by atoms with Crippen LogP contribution in [0.5, 0.6) is 0 Å². The predicted molar refractivity (Wildman–Crippen MR) is 46.8 cm³/mol. The van der Waals surface area contributed by atoms with Crippen molar-refractivity contribution in [2.24, 2.45) is 0 Å². The quantitative estimate of drug-likeness (QED) is 0.394. The van der Waals surface area contributed by atoms with Gasteiger partial charge in [0.25, 0.3) is 0 Å². The van der Waals surface area contributed by atoms with E-state index in [1.165, 1.54) is 0 Å². The summed E-state index contributed by atoms with van der Waals surface area (Å²) in [5.74, 6) is -0.516. The topological polar surface area (TPSA) is 46.5 Å². The molecule has 1 N–H and O–H groups in total. The van der Waals surface area contributed by atoms with Crippen LogP contribution in [0.15, 0.2) is 12.7 Å². The number of carbonyl (C=O) groups is 1. The molecule has 0 unspecified atom stereocenters. The lowest BCUT2D eigenvalue weighted by Gasteiger charge is -2.07. The Morgan fingerprint density at radius 3 is 2.57 bits per heavy atom. The predicted octanol–water partition coefficient (Wildman–Crippen LogP) is 1.86. The highest BCUT2D eigenvalue weighted by Crippen LogP contribution is 2.17. The van der Waals surface area contributed by atoms with Gasteiger partial charge in [-0.3, -0.25) is 0 Å². The summed E-state index contributed by atoms with van der Waals surface area (Å²) >= 11 is 0. The second-order valence-electron chi connectivity index (χ2n) is 2.85. The fourth-order valence-electron chi connectivity index (χ4n) is 0.848. The molecular weight excluding hydrogens is 194 g/mol. The Morgan fingerprint density at radius 1 is 1.43 bits per heavy atom. The number of halogens is 2. The van der Waals surface area contributed by atoms with E-state index < -0.39 is 18.5 Å². The average molecular weight is 208 g/mol. The third kappa shape index (κ3) is 9.12. The van der Waals surface area contributed by atoms with E-state index in [2.05, 4.69) is 11.3 Å². The first-order valence-electron chi connectivity index (χ1n) is 4.35. The van der Waals surface area contributed by atoms with Crippen molar-refractivity contribution in [1.29, 1.82) is 0 Å². The van der Waals surface area contributed by atoms with Crippen LogP contribution >= 0.6 is 0 Å². The SMILES string of the molecule is C=CC(=O)OCCCCCC(O)(F)F. The fourth-order valence-corrected chi connectivity index (χ4v) is 0.848. The van der Waals surface area contributed by atoms with Crippen LogP contribution in [-0.2, 0) is 9.53 Å². The highest BCUT2D eigenvalue weighted by atomic mass is 19.3. The van der Waals surface area contributed by atoms with Crippen molar-refractivity contribution in [3.05, 3.63) is 12.7 Å². The second kappa shape index (κ2) is 6.48. The van der Waals surface area contributed by atoms with Crippen LogP contribution in [0.3, 0.4) is 0 Å². The molecule has 0 aromatic carbocycles. The third-order valence-corrected chi connectivity index (χ3v) is 1.53. The van der Waals surface area contributed by atoms with E-state index in [0.717, 1.165) is 6.08 Å². The summed E-state index contributed by atoms with van der Waals surface area (Å²) in [7, 11) is 0. The maximum absolute atomic E-state index is 11.9. The highest BCUT2D eigenvalue weighted by molar-refractivity contribution is 5.81. The van der Waals surface area contributed by atoms with Crippen LogP contribution in [0.1, 0.15) is 25.7 Å². The molecule has 0 bridgehead atoms. The normalized spacial score (nSPS) is 11.1. The van der Waals surface area contributed by atoms with Crippen molar-refractivity contribution < 1.29 is 23.4 Å². The Balaban J connectivity index is 3.22. The number of hydrogen-bond donors (Lipinski definition) is 1. The van der Waals surface area contributed by atoms with Gasteiger partial charge in [0.15, 0.2) is 0 Å². The molecule has 0 aliphatic heterocycles. The van der Waals surface area contributed by atoms with Crippen molar-refractivity contribution in [1.82, 2.24) is 0 Å². The Hall–Kier alpha value is -0.970. The summed E-state index contributed by atoms with van der Waals surface area (Å²) in [5.41, 5.74) is 0. The first-order chi connectivity index (χ1) is 6.45. The van der Waals surface area contributed by atoms with Crippen molar-refractivity contribution in [3.63, 3.8) is 0 Å². The molecule has 0 amide bonds. The van der Waals surface area contributed by atoms with E-state index in [4.69, 9.17) is 5.11 Å². The number of aliphatic hydroxyl groups is 1. The standard InChI is InChI=1S/C9H14F2O3/c1-2-8(12)14-7-5-3-4-6-9(10,11)13/h2,13H,1,3-7H2. The maximum Gasteiger partial charge on any atom is 0.353 e. The summed E-state index contributed by atoms with van der Waals surface area (Å²) in [6.07, 6.45) is -1.90. The Kier molecular flexibility index (Phi) is 6.03. The minimum absolute atomic E-state index is 0.196.